The van der Waals surface area contributed by atoms with Gasteiger partial charge in [-0.1, -0.05) is 18.2 Å². The Balaban J connectivity index is 1.36. The third kappa shape index (κ3) is 5.03. The lowest BCUT2D eigenvalue weighted by Crippen LogP contribution is -2.62. The number of piperidine rings is 1. The van der Waals surface area contributed by atoms with Gasteiger partial charge in [0.1, 0.15) is 0 Å². The van der Waals surface area contributed by atoms with Gasteiger partial charge < -0.3 is 15.5 Å². The Bertz CT molecular complexity index is 1090. The van der Waals surface area contributed by atoms with Gasteiger partial charge in [0, 0.05) is 61.8 Å². The minimum absolute atomic E-state index is 0.0172. The first kappa shape index (κ1) is 23.7. The second kappa shape index (κ2) is 9.22. The Morgan fingerprint density at radius 1 is 1.14 bits per heavy atom. The molecule has 1 spiro atoms. The summed E-state index contributed by atoms with van der Waals surface area (Å²) in [5.74, 6) is 0.324. The number of hydrogen-bond donors (Lipinski definition) is 2. The first-order valence-corrected chi connectivity index (χ1v) is 12.7. The molecule has 2 N–H and O–H groups in total. The van der Waals surface area contributed by atoms with Crippen molar-refractivity contribution >= 4 is 17.8 Å². The van der Waals surface area contributed by atoms with Gasteiger partial charge in [0.05, 0.1) is 11.5 Å². The lowest BCUT2D eigenvalue weighted by molar-refractivity contribution is -0.127. The van der Waals surface area contributed by atoms with Gasteiger partial charge in [-0.25, -0.2) is 9.97 Å². The van der Waals surface area contributed by atoms with Crippen molar-refractivity contribution in [3.05, 3.63) is 53.3 Å². The van der Waals surface area contributed by atoms with E-state index in [1.807, 2.05) is 57.4 Å². The van der Waals surface area contributed by atoms with Crippen LogP contribution in [0.1, 0.15) is 61.5 Å². The van der Waals surface area contributed by atoms with E-state index in [1.165, 1.54) is 19.3 Å². The molecular weight excluding hydrogens is 440 g/mol. The zero-order valence-corrected chi connectivity index (χ0v) is 21.0. The number of likely N-dealkylation sites (tertiary alicyclic amines) is 1. The largest absolute Gasteiger partial charge is 0.351 e. The van der Waals surface area contributed by atoms with Crippen molar-refractivity contribution in [2.45, 2.75) is 64.1 Å². The number of rotatable bonds is 4. The molecule has 4 heterocycles. The van der Waals surface area contributed by atoms with E-state index in [9.17, 15) is 9.59 Å². The van der Waals surface area contributed by atoms with Gasteiger partial charge in [0.2, 0.25) is 11.9 Å². The highest BCUT2D eigenvalue weighted by molar-refractivity contribution is 5.98. The number of benzene rings is 1. The molecule has 1 aromatic heterocycles. The zero-order valence-electron chi connectivity index (χ0n) is 21.0. The average Bonchev–Trinajstić information content (AvgIpc) is 3.15. The number of fused-ring (bicyclic) bond motifs is 1. The minimum Gasteiger partial charge on any atom is -0.351 e. The maximum atomic E-state index is 13.5. The zero-order chi connectivity index (χ0) is 24.6. The molecule has 0 aliphatic carbocycles. The summed E-state index contributed by atoms with van der Waals surface area (Å²) in [5.41, 5.74) is 1.73. The minimum atomic E-state index is -0.643. The third-order valence-electron chi connectivity index (χ3n) is 7.30. The summed E-state index contributed by atoms with van der Waals surface area (Å²) in [4.78, 5) is 40.3. The predicted octanol–water partition coefficient (Wildman–Crippen LogP) is 2.54. The Morgan fingerprint density at radius 3 is 2.57 bits per heavy atom. The van der Waals surface area contributed by atoms with Crippen LogP contribution in [-0.4, -0.2) is 63.9 Å². The molecule has 0 radical (unpaired) electrons. The van der Waals surface area contributed by atoms with Crippen LogP contribution in [0.5, 0.6) is 0 Å². The Hall–Kier alpha value is -3.00. The average molecular weight is 477 g/mol. The Labute approximate surface area is 207 Å². The van der Waals surface area contributed by atoms with Crippen LogP contribution in [0.15, 0.2) is 36.7 Å². The van der Waals surface area contributed by atoms with Crippen molar-refractivity contribution in [2.75, 3.05) is 31.1 Å². The highest BCUT2D eigenvalue weighted by Crippen LogP contribution is 2.36. The molecule has 8 nitrogen and oxygen atoms in total. The smallest absolute Gasteiger partial charge is 0.252 e. The third-order valence-corrected chi connectivity index (χ3v) is 7.30. The first-order chi connectivity index (χ1) is 16.7. The summed E-state index contributed by atoms with van der Waals surface area (Å²) in [6, 6.07) is 7.71. The van der Waals surface area contributed by atoms with E-state index in [0.717, 1.165) is 30.2 Å². The molecule has 186 valence electrons. The van der Waals surface area contributed by atoms with Gasteiger partial charge in [-0.15, -0.1) is 0 Å². The highest BCUT2D eigenvalue weighted by atomic mass is 16.2. The summed E-state index contributed by atoms with van der Waals surface area (Å²) in [5, 5.41) is 6.41. The molecule has 8 heteroatoms. The molecule has 2 unspecified atom stereocenters. The Morgan fingerprint density at radius 2 is 1.86 bits per heavy atom. The van der Waals surface area contributed by atoms with E-state index in [2.05, 4.69) is 30.4 Å². The summed E-state index contributed by atoms with van der Waals surface area (Å²) in [7, 11) is 0. The van der Waals surface area contributed by atoms with Crippen LogP contribution in [-0.2, 0) is 17.8 Å². The van der Waals surface area contributed by atoms with E-state index >= 15 is 0 Å². The number of aromatic nitrogens is 2. The summed E-state index contributed by atoms with van der Waals surface area (Å²) in [6.45, 7) is 9.79. The van der Waals surface area contributed by atoms with Crippen molar-refractivity contribution < 1.29 is 9.59 Å². The maximum absolute atomic E-state index is 13.5. The summed E-state index contributed by atoms with van der Waals surface area (Å²) >= 11 is 0. The molecule has 2 fully saturated rings. The molecule has 2 saturated heterocycles. The second-order valence-electron chi connectivity index (χ2n) is 11.3. The fraction of sp³-hybridized carbons (Fsp3) is 0.556. The van der Waals surface area contributed by atoms with Crippen LogP contribution >= 0.6 is 0 Å². The monoisotopic (exact) mass is 476 g/mol. The van der Waals surface area contributed by atoms with Crippen LogP contribution in [0, 0.1) is 5.92 Å². The molecular formula is C27H36N6O2. The summed E-state index contributed by atoms with van der Waals surface area (Å²) in [6.07, 6.45) is 8.10. The van der Waals surface area contributed by atoms with Gasteiger partial charge in [-0.05, 0) is 58.1 Å². The van der Waals surface area contributed by atoms with Gasteiger partial charge in [0.15, 0.2) is 0 Å². The van der Waals surface area contributed by atoms with E-state index in [-0.39, 0.29) is 23.3 Å². The standard InChI is InChI=1S/C27H36N6O2/c1-26(2,3)30-24(35)22-17-32(16-19-14-28-25(29-15-19)33-11-7-4-8-12-33)18-27(22)13-20-9-5-6-10-21(20)23(34)31-27/h5-6,9-10,14-15,22H,4,7-8,11-13,16-18H2,1-3H3,(H,30,35)(H,31,34). The number of nitrogens with one attached hydrogen (secondary N) is 2. The SMILES string of the molecule is CC(C)(C)NC(=O)C1CN(Cc2cnc(N3CCCCC3)nc2)CC12Cc1ccccc1C(=O)N2. The number of carbonyl (C=O) groups is 2. The molecule has 3 aliphatic heterocycles. The molecule has 2 aromatic rings. The number of nitrogens with zero attached hydrogens (tertiary/aromatic N) is 4. The lowest BCUT2D eigenvalue weighted by Gasteiger charge is -2.40. The quantitative estimate of drug-likeness (QED) is 0.705. The van der Waals surface area contributed by atoms with Crippen LogP contribution in [0.25, 0.3) is 0 Å². The van der Waals surface area contributed by atoms with E-state index in [4.69, 9.17) is 0 Å². The van der Waals surface area contributed by atoms with Crippen LogP contribution in [0.4, 0.5) is 5.95 Å². The van der Waals surface area contributed by atoms with Crippen LogP contribution < -0.4 is 15.5 Å². The lowest BCUT2D eigenvalue weighted by atomic mass is 9.76. The van der Waals surface area contributed by atoms with Gasteiger partial charge >= 0.3 is 0 Å². The molecule has 0 bridgehead atoms. The van der Waals surface area contributed by atoms with E-state index < -0.39 is 5.54 Å². The van der Waals surface area contributed by atoms with Crippen molar-refractivity contribution in [3.63, 3.8) is 0 Å². The molecule has 2 amide bonds. The topological polar surface area (TPSA) is 90.5 Å². The number of hydrogen-bond acceptors (Lipinski definition) is 6. The number of carbonyl (C=O) groups excluding carboxylic acids is 2. The van der Waals surface area contributed by atoms with Crippen molar-refractivity contribution in [2.24, 2.45) is 5.92 Å². The fourth-order valence-corrected chi connectivity index (χ4v) is 5.74. The van der Waals surface area contributed by atoms with Crippen LogP contribution in [0.3, 0.4) is 0 Å². The number of anilines is 1. The van der Waals surface area contributed by atoms with Crippen molar-refractivity contribution in [1.29, 1.82) is 0 Å². The first-order valence-electron chi connectivity index (χ1n) is 12.7. The summed E-state index contributed by atoms with van der Waals surface area (Å²) < 4.78 is 0. The normalized spacial score (nSPS) is 24.8. The maximum Gasteiger partial charge on any atom is 0.252 e. The highest BCUT2D eigenvalue weighted by Gasteiger charge is 2.53. The molecule has 1 aromatic carbocycles. The van der Waals surface area contributed by atoms with Crippen LogP contribution in [0.2, 0.25) is 0 Å². The Kier molecular flexibility index (Phi) is 6.25. The van der Waals surface area contributed by atoms with Crippen molar-refractivity contribution in [3.8, 4) is 0 Å². The predicted molar refractivity (Wildman–Crippen MR) is 135 cm³/mol. The number of amides is 2. The molecule has 35 heavy (non-hydrogen) atoms. The van der Waals surface area contributed by atoms with E-state index in [0.29, 0.717) is 31.6 Å². The molecule has 3 aliphatic rings. The van der Waals surface area contributed by atoms with Crippen molar-refractivity contribution in [1.82, 2.24) is 25.5 Å². The van der Waals surface area contributed by atoms with E-state index in [1.54, 1.807) is 0 Å². The van der Waals surface area contributed by atoms with Gasteiger partial charge in [-0.2, -0.15) is 0 Å². The molecule has 0 saturated carbocycles. The van der Waals surface area contributed by atoms with Gasteiger partial charge in [0.25, 0.3) is 5.91 Å². The molecule has 5 rings (SSSR count). The van der Waals surface area contributed by atoms with Gasteiger partial charge in [-0.3, -0.25) is 14.5 Å². The fourth-order valence-electron chi connectivity index (χ4n) is 5.74. The second-order valence-corrected chi connectivity index (χ2v) is 11.3. The molecule has 2 atom stereocenters.